The van der Waals surface area contributed by atoms with Gasteiger partial charge in [-0.2, -0.15) is 4.68 Å². The summed E-state index contributed by atoms with van der Waals surface area (Å²) >= 11 is 0. The molecule has 0 spiro atoms. The van der Waals surface area contributed by atoms with E-state index in [0.717, 1.165) is 0 Å². The maximum absolute atomic E-state index is 13.5. The fourth-order valence-corrected chi connectivity index (χ4v) is 1.42. The topological polar surface area (TPSA) is 69.6 Å². The summed E-state index contributed by atoms with van der Waals surface area (Å²) in [6, 6.07) is -0.870. The lowest BCUT2D eigenvalue weighted by atomic mass is 10.2. The normalized spacial score (nSPS) is 12.8. The molecule has 0 aliphatic carbocycles. The minimum absolute atomic E-state index is 0.247. The van der Waals surface area contributed by atoms with E-state index in [1.807, 2.05) is 0 Å². The predicted molar refractivity (Wildman–Crippen MR) is 51.5 cm³/mol. The van der Waals surface area contributed by atoms with Crippen molar-refractivity contribution in [3.63, 3.8) is 0 Å². The summed E-state index contributed by atoms with van der Waals surface area (Å²) < 4.78 is 66.4. The first-order chi connectivity index (χ1) is 8.86. The van der Waals surface area contributed by atoms with Gasteiger partial charge in [-0.3, -0.25) is 0 Å². The number of hydrogen-bond acceptors (Lipinski definition) is 4. The molecule has 1 aromatic carbocycles. The zero-order valence-electron chi connectivity index (χ0n) is 9.33. The summed E-state index contributed by atoms with van der Waals surface area (Å²) in [6.45, 7) is 1.38. The maximum Gasteiger partial charge on any atom is 0.200 e. The van der Waals surface area contributed by atoms with Gasteiger partial charge in [0.25, 0.3) is 0 Å². The highest BCUT2D eigenvalue weighted by atomic mass is 19.2. The van der Waals surface area contributed by atoms with Gasteiger partial charge in [-0.25, -0.2) is 22.0 Å². The number of rotatable bonds is 2. The fraction of sp³-hybridized carbons (Fsp3) is 0.222. The average Bonchev–Trinajstić information content (AvgIpc) is 2.83. The van der Waals surface area contributed by atoms with Crippen molar-refractivity contribution in [1.82, 2.24) is 20.2 Å². The molecule has 1 aromatic heterocycles. The fourth-order valence-electron chi connectivity index (χ4n) is 1.42. The molecule has 0 aliphatic rings. The van der Waals surface area contributed by atoms with Crippen LogP contribution in [0.15, 0.2) is 0 Å². The predicted octanol–water partition coefficient (Wildman–Crippen LogP) is 1.38. The lowest BCUT2D eigenvalue weighted by Gasteiger charge is -2.10. The van der Waals surface area contributed by atoms with Crippen LogP contribution in [0.3, 0.4) is 0 Å². The molecule has 1 atom stereocenters. The number of benzene rings is 1. The van der Waals surface area contributed by atoms with Gasteiger partial charge in [0.05, 0.1) is 6.04 Å². The van der Waals surface area contributed by atoms with Gasteiger partial charge in [0, 0.05) is 0 Å². The van der Waals surface area contributed by atoms with Crippen LogP contribution in [-0.4, -0.2) is 20.2 Å². The SMILES string of the molecule is CC(N)c1nnnn1-c1c(F)c(F)c(F)c(F)c1F. The van der Waals surface area contributed by atoms with E-state index in [1.54, 1.807) is 0 Å². The highest BCUT2D eigenvalue weighted by molar-refractivity contribution is 5.37. The summed E-state index contributed by atoms with van der Waals surface area (Å²) in [5, 5.41) is 9.64. The molecule has 1 heterocycles. The summed E-state index contributed by atoms with van der Waals surface area (Å²) in [7, 11) is 0. The Labute approximate surface area is 102 Å². The molecule has 0 amide bonds. The van der Waals surface area contributed by atoms with Crippen LogP contribution in [0.1, 0.15) is 18.8 Å². The first-order valence-corrected chi connectivity index (χ1v) is 4.92. The van der Waals surface area contributed by atoms with E-state index in [4.69, 9.17) is 5.73 Å². The monoisotopic (exact) mass is 279 g/mol. The van der Waals surface area contributed by atoms with Gasteiger partial charge in [0.2, 0.25) is 5.82 Å². The Kier molecular flexibility index (Phi) is 3.18. The third-order valence-corrected chi connectivity index (χ3v) is 2.30. The molecule has 0 bridgehead atoms. The van der Waals surface area contributed by atoms with Crippen LogP contribution < -0.4 is 5.73 Å². The smallest absolute Gasteiger partial charge is 0.200 e. The Balaban J connectivity index is 2.80. The molecule has 0 saturated carbocycles. The highest BCUT2D eigenvalue weighted by Gasteiger charge is 2.29. The third-order valence-electron chi connectivity index (χ3n) is 2.30. The second kappa shape index (κ2) is 4.53. The molecule has 19 heavy (non-hydrogen) atoms. The molecule has 2 N–H and O–H groups in total. The molecule has 10 heteroatoms. The second-order valence-corrected chi connectivity index (χ2v) is 3.66. The Morgan fingerprint density at radius 1 is 0.947 bits per heavy atom. The number of aromatic nitrogens is 4. The van der Waals surface area contributed by atoms with E-state index >= 15 is 0 Å². The number of nitrogens with zero attached hydrogens (tertiary/aromatic N) is 4. The van der Waals surface area contributed by atoms with Gasteiger partial charge in [-0.1, -0.05) is 0 Å². The van der Waals surface area contributed by atoms with Crippen molar-refractivity contribution in [3.8, 4) is 5.69 Å². The first kappa shape index (κ1) is 13.3. The molecule has 0 aliphatic heterocycles. The lowest BCUT2D eigenvalue weighted by Crippen LogP contribution is -2.17. The Bertz CT molecular complexity index is 609. The minimum Gasteiger partial charge on any atom is -0.321 e. The minimum atomic E-state index is -2.26. The van der Waals surface area contributed by atoms with Crippen LogP contribution in [0, 0.1) is 29.1 Å². The van der Waals surface area contributed by atoms with Gasteiger partial charge >= 0.3 is 0 Å². The first-order valence-electron chi connectivity index (χ1n) is 4.92. The molecule has 1 unspecified atom stereocenters. The van der Waals surface area contributed by atoms with E-state index in [2.05, 4.69) is 15.5 Å². The van der Waals surface area contributed by atoms with Gasteiger partial charge in [-0.05, 0) is 17.4 Å². The van der Waals surface area contributed by atoms with Crippen LogP contribution in [-0.2, 0) is 0 Å². The zero-order chi connectivity index (χ0) is 14.3. The molecule has 102 valence electrons. The molecular weight excluding hydrogens is 273 g/mol. The van der Waals surface area contributed by atoms with Crippen molar-refractivity contribution in [2.75, 3.05) is 0 Å². The van der Waals surface area contributed by atoms with Crippen molar-refractivity contribution in [2.24, 2.45) is 5.73 Å². The largest absolute Gasteiger partial charge is 0.321 e. The summed E-state index contributed by atoms with van der Waals surface area (Å²) in [5.41, 5.74) is 4.16. The number of halogens is 5. The summed E-state index contributed by atoms with van der Waals surface area (Å²) in [4.78, 5) is 0. The molecule has 5 nitrogen and oxygen atoms in total. The van der Waals surface area contributed by atoms with Crippen LogP contribution in [0.4, 0.5) is 22.0 Å². The van der Waals surface area contributed by atoms with Crippen LogP contribution in [0.5, 0.6) is 0 Å². The number of nitrogens with two attached hydrogens (primary N) is 1. The van der Waals surface area contributed by atoms with E-state index in [9.17, 15) is 22.0 Å². The second-order valence-electron chi connectivity index (χ2n) is 3.66. The van der Waals surface area contributed by atoms with Gasteiger partial charge in [-0.15, -0.1) is 5.10 Å². The van der Waals surface area contributed by atoms with Crippen molar-refractivity contribution < 1.29 is 22.0 Å². The molecule has 2 aromatic rings. The number of tetrazole rings is 1. The molecule has 0 saturated heterocycles. The molecular formula is C9H6F5N5. The molecule has 0 radical (unpaired) electrons. The molecule has 2 rings (SSSR count). The number of hydrogen-bond donors (Lipinski definition) is 1. The van der Waals surface area contributed by atoms with Crippen LogP contribution >= 0.6 is 0 Å². The third kappa shape index (κ3) is 1.93. The standard InChI is InChI=1S/C9H6F5N5/c1-2(15)9-16-17-18-19(9)8-6(13)4(11)3(10)5(12)7(8)14/h2H,15H2,1H3. The van der Waals surface area contributed by atoms with Gasteiger partial charge < -0.3 is 5.73 Å². The van der Waals surface area contributed by atoms with E-state index in [0.29, 0.717) is 4.68 Å². The van der Waals surface area contributed by atoms with Crippen LogP contribution in [0.25, 0.3) is 5.69 Å². The maximum atomic E-state index is 13.5. The quantitative estimate of drug-likeness (QED) is 0.512. The summed E-state index contributed by atoms with van der Waals surface area (Å²) in [6.07, 6.45) is 0. The van der Waals surface area contributed by atoms with Crippen molar-refractivity contribution >= 4 is 0 Å². The Morgan fingerprint density at radius 3 is 1.89 bits per heavy atom. The van der Waals surface area contributed by atoms with E-state index in [-0.39, 0.29) is 5.82 Å². The highest BCUT2D eigenvalue weighted by Crippen LogP contribution is 2.26. The van der Waals surface area contributed by atoms with Gasteiger partial charge in [0.1, 0.15) is 5.69 Å². The average molecular weight is 279 g/mol. The van der Waals surface area contributed by atoms with Crippen molar-refractivity contribution in [1.29, 1.82) is 0 Å². The van der Waals surface area contributed by atoms with Crippen molar-refractivity contribution in [3.05, 3.63) is 34.9 Å². The Morgan fingerprint density at radius 2 is 1.42 bits per heavy atom. The van der Waals surface area contributed by atoms with Gasteiger partial charge in [0.15, 0.2) is 29.1 Å². The Hall–Kier alpha value is -2.10. The lowest BCUT2D eigenvalue weighted by molar-refractivity contribution is 0.372. The molecule has 0 fully saturated rings. The van der Waals surface area contributed by atoms with Crippen molar-refractivity contribution in [2.45, 2.75) is 13.0 Å². The van der Waals surface area contributed by atoms with E-state index < -0.39 is 40.8 Å². The van der Waals surface area contributed by atoms with Crippen LogP contribution in [0.2, 0.25) is 0 Å². The summed E-state index contributed by atoms with van der Waals surface area (Å²) in [5.74, 6) is -10.7. The van der Waals surface area contributed by atoms with E-state index in [1.165, 1.54) is 6.92 Å². The zero-order valence-corrected chi connectivity index (χ0v) is 9.33.